The van der Waals surface area contributed by atoms with E-state index in [1.807, 2.05) is 24.3 Å². The Hall–Kier alpha value is -2.00. The molecule has 136 valence electrons. The van der Waals surface area contributed by atoms with Crippen LogP contribution >= 0.6 is 0 Å². The van der Waals surface area contributed by atoms with Crippen LogP contribution in [0.3, 0.4) is 0 Å². The van der Waals surface area contributed by atoms with Crippen molar-refractivity contribution in [3.8, 4) is 11.5 Å². The predicted molar refractivity (Wildman–Crippen MR) is 104 cm³/mol. The normalized spacial score (nSPS) is 10.9. The Morgan fingerprint density at radius 3 is 2.16 bits per heavy atom. The average Bonchev–Trinajstić information content (AvgIpc) is 2.65. The molecule has 0 spiro atoms. The molecule has 0 N–H and O–H groups in total. The molecule has 0 heterocycles. The Labute approximate surface area is 152 Å². The third-order valence-corrected chi connectivity index (χ3v) is 4.26. The number of hydrogen-bond acceptors (Lipinski definition) is 3. The van der Waals surface area contributed by atoms with E-state index in [4.69, 9.17) is 9.47 Å². The highest BCUT2D eigenvalue weighted by molar-refractivity contribution is 5.43. The monoisotopic (exact) mass is 341 g/mol. The van der Waals surface area contributed by atoms with Gasteiger partial charge in [0.15, 0.2) is 11.5 Å². The van der Waals surface area contributed by atoms with E-state index in [0.29, 0.717) is 6.61 Å². The van der Waals surface area contributed by atoms with Crippen molar-refractivity contribution < 1.29 is 9.47 Å². The van der Waals surface area contributed by atoms with E-state index in [-0.39, 0.29) is 0 Å². The average molecular weight is 341 g/mol. The Bertz CT molecular complexity index is 607. The quantitative estimate of drug-likeness (QED) is 0.578. The number of ether oxygens (including phenoxy) is 2. The van der Waals surface area contributed by atoms with E-state index >= 15 is 0 Å². The molecule has 3 nitrogen and oxygen atoms in total. The van der Waals surface area contributed by atoms with E-state index in [1.54, 1.807) is 7.11 Å². The first kappa shape index (κ1) is 19.3. The van der Waals surface area contributed by atoms with Gasteiger partial charge in [0, 0.05) is 6.54 Å². The first-order valence-electron chi connectivity index (χ1n) is 9.32. The summed E-state index contributed by atoms with van der Waals surface area (Å²) in [5, 5.41) is 0. The number of rotatable bonds is 11. The first-order chi connectivity index (χ1) is 12.3. The standard InChI is InChI=1S/C22H31NO2/c1-4-14-23(15-5-2)16-13-19-11-12-21(24-3)22(17-19)25-18-20-9-7-6-8-10-20/h6-12,17H,4-5,13-16,18H2,1-3H3. The number of methoxy groups -OCH3 is 1. The number of hydrogen-bond donors (Lipinski definition) is 0. The summed E-state index contributed by atoms with van der Waals surface area (Å²) in [6.07, 6.45) is 3.44. The van der Waals surface area contributed by atoms with Gasteiger partial charge in [-0.2, -0.15) is 0 Å². The number of benzene rings is 2. The van der Waals surface area contributed by atoms with Crippen LogP contribution < -0.4 is 9.47 Å². The lowest BCUT2D eigenvalue weighted by atomic mass is 10.1. The molecule has 0 saturated heterocycles. The molecule has 0 atom stereocenters. The van der Waals surface area contributed by atoms with Gasteiger partial charge in [0.2, 0.25) is 0 Å². The summed E-state index contributed by atoms with van der Waals surface area (Å²) in [6, 6.07) is 16.5. The first-order valence-corrected chi connectivity index (χ1v) is 9.32. The molecule has 0 bridgehead atoms. The van der Waals surface area contributed by atoms with E-state index in [9.17, 15) is 0 Å². The Balaban J connectivity index is 2.00. The molecule has 0 saturated carbocycles. The van der Waals surface area contributed by atoms with Gasteiger partial charge >= 0.3 is 0 Å². The number of nitrogens with zero attached hydrogens (tertiary/aromatic N) is 1. The lowest BCUT2D eigenvalue weighted by Gasteiger charge is -2.21. The fraction of sp³-hybridized carbons (Fsp3) is 0.455. The summed E-state index contributed by atoms with van der Waals surface area (Å²) in [5.41, 5.74) is 2.45. The second-order valence-electron chi connectivity index (χ2n) is 6.35. The van der Waals surface area contributed by atoms with E-state index in [0.717, 1.165) is 30.0 Å². The van der Waals surface area contributed by atoms with Gasteiger partial charge in [0.25, 0.3) is 0 Å². The van der Waals surface area contributed by atoms with Gasteiger partial charge < -0.3 is 14.4 Å². The van der Waals surface area contributed by atoms with Crippen LogP contribution in [-0.2, 0) is 13.0 Å². The van der Waals surface area contributed by atoms with Gasteiger partial charge in [-0.25, -0.2) is 0 Å². The van der Waals surface area contributed by atoms with Gasteiger partial charge in [-0.15, -0.1) is 0 Å². The van der Waals surface area contributed by atoms with Crippen molar-refractivity contribution in [1.82, 2.24) is 4.90 Å². The van der Waals surface area contributed by atoms with Gasteiger partial charge in [0.05, 0.1) is 7.11 Å². The van der Waals surface area contributed by atoms with Gasteiger partial charge in [-0.05, 0) is 55.6 Å². The van der Waals surface area contributed by atoms with Gasteiger partial charge in [0.1, 0.15) is 6.61 Å². The SMILES string of the molecule is CCCN(CCC)CCc1ccc(OC)c(OCc2ccccc2)c1. The highest BCUT2D eigenvalue weighted by Gasteiger charge is 2.08. The maximum atomic E-state index is 6.02. The molecule has 25 heavy (non-hydrogen) atoms. The molecular formula is C22H31NO2. The Morgan fingerprint density at radius 2 is 1.52 bits per heavy atom. The highest BCUT2D eigenvalue weighted by atomic mass is 16.5. The van der Waals surface area contributed by atoms with Crippen LogP contribution in [0.1, 0.15) is 37.8 Å². The van der Waals surface area contributed by atoms with Crippen LogP contribution in [0.25, 0.3) is 0 Å². The molecule has 0 aliphatic heterocycles. The summed E-state index contributed by atoms with van der Waals surface area (Å²) < 4.78 is 11.5. The summed E-state index contributed by atoms with van der Waals surface area (Å²) in [5.74, 6) is 1.61. The molecule has 0 radical (unpaired) electrons. The molecule has 0 aliphatic carbocycles. The maximum Gasteiger partial charge on any atom is 0.161 e. The third kappa shape index (κ3) is 6.43. The zero-order chi connectivity index (χ0) is 17.9. The van der Waals surface area contributed by atoms with Crippen molar-refractivity contribution in [2.45, 2.75) is 39.7 Å². The molecule has 0 fully saturated rings. The zero-order valence-corrected chi connectivity index (χ0v) is 15.8. The maximum absolute atomic E-state index is 6.02. The molecule has 0 aliphatic rings. The fourth-order valence-corrected chi connectivity index (χ4v) is 2.98. The smallest absolute Gasteiger partial charge is 0.161 e. The minimum atomic E-state index is 0.554. The Morgan fingerprint density at radius 1 is 0.800 bits per heavy atom. The predicted octanol–water partition coefficient (Wildman–Crippen LogP) is 4.94. The molecule has 2 aromatic rings. The van der Waals surface area contributed by atoms with Crippen LogP contribution in [0.4, 0.5) is 0 Å². The van der Waals surface area contributed by atoms with E-state index in [2.05, 4.69) is 43.0 Å². The third-order valence-electron chi connectivity index (χ3n) is 4.26. The summed E-state index contributed by atoms with van der Waals surface area (Å²) >= 11 is 0. The molecule has 3 heteroatoms. The van der Waals surface area contributed by atoms with Crippen molar-refractivity contribution in [3.63, 3.8) is 0 Å². The van der Waals surface area contributed by atoms with E-state index in [1.165, 1.54) is 31.5 Å². The van der Waals surface area contributed by atoms with Crippen LogP contribution in [0, 0.1) is 0 Å². The molecule has 0 amide bonds. The summed E-state index contributed by atoms with van der Waals surface area (Å²) in [7, 11) is 1.69. The van der Waals surface area contributed by atoms with Crippen molar-refractivity contribution in [2.75, 3.05) is 26.7 Å². The summed E-state index contributed by atoms with van der Waals surface area (Å²) in [4.78, 5) is 2.54. The lowest BCUT2D eigenvalue weighted by Crippen LogP contribution is -2.27. The summed E-state index contributed by atoms with van der Waals surface area (Å²) in [6.45, 7) is 8.46. The Kier molecular flexibility index (Phi) is 8.33. The van der Waals surface area contributed by atoms with Crippen LogP contribution in [0.15, 0.2) is 48.5 Å². The highest BCUT2D eigenvalue weighted by Crippen LogP contribution is 2.29. The van der Waals surface area contributed by atoms with Crippen LogP contribution in [0.2, 0.25) is 0 Å². The zero-order valence-electron chi connectivity index (χ0n) is 15.8. The minimum absolute atomic E-state index is 0.554. The molecule has 2 rings (SSSR count). The molecule has 2 aromatic carbocycles. The lowest BCUT2D eigenvalue weighted by molar-refractivity contribution is 0.275. The van der Waals surface area contributed by atoms with Crippen LogP contribution in [-0.4, -0.2) is 31.6 Å². The molecule has 0 unspecified atom stereocenters. The second kappa shape index (κ2) is 10.8. The second-order valence-corrected chi connectivity index (χ2v) is 6.35. The largest absolute Gasteiger partial charge is 0.493 e. The van der Waals surface area contributed by atoms with Crippen molar-refractivity contribution >= 4 is 0 Å². The molecular weight excluding hydrogens is 310 g/mol. The van der Waals surface area contributed by atoms with Crippen molar-refractivity contribution in [3.05, 3.63) is 59.7 Å². The van der Waals surface area contributed by atoms with E-state index < -0.39 is 0 Å². The van der Waals surface area contributed by atoms with Crippen molar-refractivity contribution in [2.24, 2.45) is 0 Å². The van der Waals surface area contributed by atoms with Crippen molar-refractivity contribution in [1.29, 1.82) is 0 Å². The van der Waals surface area contributed by atoms with Gasteiger partial charge in [-0.3, -0.25) is 0 Å². The van der Waals surface area contributed by atoms with Crippen LogP contribution in [0.5, 0.6) is 11.5 Å². The van der Waals surface area contributed by atoms with Gasteiger partial charge in [-0.1, -0.05) is 50.2 Å². The fourth-order valence-electron chi connectivity index (χ4n) is 2.98. The topological polar surface area (TPSA) is 21.7 Å². The molecule has 0 aromatic heterocycles. The minimum Gasteiger partial charge on any atom is -0.493 e.